The molecule has 2 aromatic rings. The number of furan rings is 1. The second-order valence-electron chi connectivity index (χ2n) is 4.59. The Morgan fingerprint density at radius 2 is 2.05 bits per heavy atom. The molecule has 0 aliphatic rings. The van der Waals surface area contributed by atoms with Gasteiger partial charge in [0.2, 0.25) is 0 Å². The molecule has 0 radical (unpaired) electrons. The number of phenolic OH excluding ortho intramolecular Hbond substituents is 1. The van der Waals surface area contributed by atoms with Gasteiger partial charge >= 0.3 is 0 Å². The average Bonchev–Trinajstić information content (AvgIpc) is 2.59. The average molecular weight is 323 g/mol. The minimum Gasteiger partial charge on any atom is -0.508 e. The third-order valence-electron chi connectivity index (χ3n) is 3.17. The number of carbonyl (C=O) groups is 1. The molecular weight excluding hydrogens is 308 g/mol. The van der Waals surface area contributed by atoms with Crippen molar-refractivity contribution in [2.24, 2.45) is 0 Å². The number of benzene rings is 1. The van der Waals surface area contributed by atoms with Crippen LogP contribution in [0.5, 0.6) is 5.75 Å². The van der Waals surface area contributed by atoms with Crippen molar-refractivity contribution in [2.75, 3.05) is 0 Å². The second kappa shape index (κ2) is 5.21. The summed E-state index contributed by atoms with van der Waals surface area (Å²) in [6.07, 6.45) is 0.464. The Morgan fingerprint density at radius 3 is 2.63 bits per heavy atom. The third kappa shape index (κ3) is 2.73. The molecule has 2 rings (SSSR count). The predicted molar refractivity (Wildman–Crippen MR) is 76.8 cm³/mol. The topological polar surface area (TPSA) is 50.4 Å². The number of aryl methyl sites for hydroxylation is 1. The Balaban J connectivity index is 2.42. The van der Waals surface area contributed by atoms with Crippen LogP contribution in [0.25, 0.3) is 0 Å². The number of hydrogen-bond donors (Lipinski definition) is 1. The molecule has 0 saturated carbocycles. The fraction of sp³-hybridized carbons (Fsp3) is 0.267. The molecule has 0 aliphatic carbocycles. The van der Waals surface area contributed by atoms with Crippen molar-refractivity contribution < 1.29 is 14.3 Å². The lowest BCUT2D eigenvalue weighted by molar-refractivity contribution is 0.101. The van der Waals surface area contributed by atoms with Crippen molar-refractivity contribution in [1.82, 2.24) is 0 Å². The standard InChI is InChI=1S/C15H15BrO3/c1-8-14(19-10(3)15(8)9(2)17)7-11-6-12(16)4-5-13(11)18/h4-6,18H,7H2,1-3H3. The highest BCUT2D eigenvalue weighted by Crippen LogP contribution is 2.29. The summed E-state index contributed by atoms with van der Waals surface area (Å²) in [4.78, 5) is 11.6. The van der Waals surface area contributed by atoms with Crippen LogP contribution < -0.4 is 0 Å². The molecule has 3 nitrogen and oxygen atoms in total. The number of rotatable bonds is 3. The van der Waals surface area contributed by atoms with E-state index in [4.69, 9.17) is 4.42 Å². The van der Waals surface area contributed by atoms with Gasteiger partial charge in [0.25, 0.3) is 0 Å². The largest absolute Gasteiger partial charge is 0.508 e. The summed E-state index contributed by atoms with van der Waals surface area (Å²) in [6, 6.07) is 5.26. The molecule has 4 heteroatoms. The van der Waals surface area contributed by atoms with Crippen molar-refractivity contribution in [2.45, 2.75) is 27.2 Å². The number of halogens is 1. The number of aromatic hydroxyl groups is 1. The van der Waals surface area contributed by atoms with Crippen molar-refractivity contribution in [3.8, 4) is 5.75 Å². The van der Waals surface area contributed by atoms with Gasteiger partial charge in [-0.3, -0.25) is 4.79 Å². The van der Waals surface area contributed by atoms with Crippen molar-refractivity contribution in [3.63, 3.8) is 0 Å². The molecule has 0 bridgehead atoms. The van der Waals surface area contributed by atoms with Crippen LogP contribution in [0.3, 0.4) is 0 Å². The van der Waals surface area contributed by atoms with E-state index in [9.17, 15) is 9.90 Å². The number of hydrogen-bond acceptors (Lipinski definition) is 3. The minimum atomic E-state index is 0.00321. The summed E-state index contributed by atoms with van der Waals surface area (Å²) < 4.78 is 6.55. The SMILES string of the molecule is CC(=O)c1c(C)oc(Cc2cc(Br)ccc2O)c1C. The molecule has 19 heavy (non-hydrogen) atoms. The Bertz CT molecular complexity index is 641. The first kappa shape index (κ1) is 13.9. The van der Waals surface area contributed by atoms with Gasteiger partial charge in [-0.1, -0.05) is 15.9 Å². The number of ketones is 1. The summed E-state index contributed by atoms with van der Waals surface area (Å²) in [7, 11) is 0. The van der Waals surface area contributed by atoms with Crippen molar-refractivity contribution >= 4 is 21.7 Å². The van der Waals surface area contributed by atoms with E-state index in [2.05, 4.69) is 15.9 Å². The lowest BCUT2D eigenvalue weighted by atomic mass is 10.0. The minimum absolute atomic E-state index is 0.00321. The Labute approximate surface area is 120 Å². The first-order valence-electron chi connectivity index (χ1n) is 5.97. The number of Topliss-reactive ketones (excluding diaryl/α,β-unsaturated/α-hetero) is 1. The molecule has 0 amide bonds. The van der Waals surface area contributed by atoms with E-state index < -0.39 is 0 Å². The molecule has 1 aromatic carbocycles. The zero-order valence-corrected chi connectivity index (χ0v) is 12.7. The Morgan fingerprint density at radius 1 is 1.37 bits per heavy atom. The van der Waals surface area contributed by atoms with E-state index in [0.717, 1.165) is 21.4 Å². The highest BCUT2D eigenvalue weighted by atomic mass is 79.9. The maximum absolute atomic E-state index is 11.6. The van der Waals surface area contributed by atoms with Crippen LogP contribution in [0.4, 0.5) is 0 Å². The maximum atomic E-state index is 11.6. The lowest BCUT2D eigenvalue weighted by Crippen LogP contribution is -1.96. The van der Waals surface area contributed by atoms with E-state index in [1.165, 1.54) is 6.92 Å². The summed E-state index contributed by atoms with van der Waals surface area (Å²) in [5.41, 5.74) is 2.26. The Hall–Kier alpha value is -1.55. The van der Waals surface area contributed by atoms with Crippen LogP contribution in [0, 0.1) is 13.8 Å². The molecule has 0 fully saturated rings. The number of phenols is 1. The first-order chi connectivity index (χ1) is 8.90. The van der Waals surface area contributed by atoms with Gasteiger partial charge in [-0.25, -0.2) is 0 Å². The number of carbonyl (C=O) groups excluding carboxylic acids is 1. The summed E-state index contributed by atoms with van der Waals surface area (Å²) in [5, 5.41) is 9.84. The molecule has 1 heterocycles. The monoisotopic (exact) mass is 322 g/mol. The quantitative estimate of drug-likeness (QED) is 0.863. The zero-order valence-electron chi connectivity index (χ0n) is 11.1. The van der Waals surface area contributed by atoms with Gasteiger partial charge in [0.15, 0.2) is 5.78 Å². The van der Waals surface area contributed by atoms with E-state index in [1.54, 1.807) is 19.1 Å². The molecule has 0 aliphatic heterocycles. The van der Waals surface area contributed by atoms with E-state index in [1.807, 2.05) is 13.0 Å². The molecular formula is C15H15BrO3. The molecule has 1 N–H and O–H groups in total. The molecule has 1 aromatic heterocycles. The van der Waals surface area contributed by atoms with E-state index >= 15 is 0 Å². The smallest absolute Gasteiger partial charge is 0.163 e. The van der Waals surface area contributed by atoms with Gasteiger partial charge in [-0.2, -0.15) is 0 Å². The molecule has 0 unspecified atom stereocenters. The van der Waals surface area contributed by atoms with Gasteiger partial charge in [-0.05, 0) is 39.0 Å². The fourth-order valence-corrected chi connectivity index (χ4v) is 2.67. The molecule has 0 spiro atoms. The highest BCUT2D eigenvalue weighted by Gasteiger charge is 2.18. The van der Waals surface area contributed by atoms with Gasteiger partial charge in [0.05, 0.1) is 5.56 Å². The summed E-state index contributed by atoms with van der Waals surface area (Å²) in [6.45, 7) is 5.19. The normalized spacial score (nSPS) is 10.7. The van der Waals surface area contributed by atoms with Crippen LogP contribution in [0.1, 0.15) is 39.9 Å². The van der Waals surface area contributed by atoms with Crippen molar-refractivity contribution in [3.05, 3.63) is 50.9 Å². The van der Waals surface area contributed by atoms with Crippen LogP contribution in [0.2, 0.25) is 0 Å². The maximum Gasteiger partial charge on any atom is 0.163 e. The highest BCUT2D eigenvalue weighted by molar-refractivity contribution is 9.10. The van der Waals surface area contributed by atoms with Crippen LogP contribution >= 0.6 is 15.9 Å². The second-order valence-corrected chi connectivity index (χ2v) is 5.50. The van der Waals surface area contributed by atoms with Gasteiger partial charge in [0, 0.05) is 22.0 Å². The predicted octanol–water partition coefficient (Wildman–Crippen LogP) is 4.16. The fourth-order valence-electron chi connectivity index (χ4n) is 2.27. The van der Waals surface area contributed by atoms with Gasteiger partial charge in [-0.15, -0.1) is 0 Å². The molecule has 0 saturated heterocycles. The Kier molecular flexibility index (Phi) is 3.80. The third-order valence-corrected chi connectivity index (χ3v) is 3.66. The van der Waals surface area contributed by atoms with Gasteiger partial charge < -0.3 is 9.52 Å². The first-order valence-corrected chi connectivity index (χ1v) is 6.76. The van der Waals surface area contributed by atoms with Crippen LogP contribution in [0.15, 0.2) is 27.1 Å². The van der Waals surface area contributed by atoms with Crippen LogP contribution in [-0.2, 0) is 6.42 Å². The lowest BCUT2D eigenvalue weighted by Gasteiger charge is -2.04. The van der Waals surface area contributed by atoms with E-state index in [0.29, 0.717) is 17.7 Å². The molecule has 100 valence electrons. The summed E-state index contributed by atoms with van der Waals surface area (Å²) >= 11 is 3.38. The van der Waals surface area contributed by atoms with Crippen LogP contribution in [-0.4, -0.2) is 10.9 Å². The van der Waals surface area contributed by atoms with Crippen molar-refractivity contribution in [1.29, 1.82) is 0 Å². The zero-order chi connectivity index (χ0) is 14.2. The van der Waals surface area contributed by atoms with E-state index in [-0.39, 0.29) is 11.5 Å². The summed E-state index contributed by atoms with van der Waals surface area (Å²) in [5.74, 6) is 1.58. The van der Waals surface area contributed by atoms with Gasteiger partial charge in [0.1, 0.15) is 17.3 Å². The molecule has 0 atom stereocenters.